The fourth-order valence-electron chi connectivity index (χ4n) is 0.342. The van der Waals surface area contributed by atoms with Crippen LogP contribution >= 0.6 is 0 Å². The van der Waals surface area contributed by atoms with Crippen molar-refractivity contribution in [3.05, 3.63) is 26.0 Å². The first kappa shape index (κ1) is 17.6. The predicted molar refractivity (Wildman–Crippen MR) is 35.1 cm³/mol. The second-order valence-electron chi connectivity index (χ2n) is 1.19. The van der Waals surface area contributed by atoms with Gasteiger partial charge in [-0.3, -0.25) is 5.84 Å². The minimum atomic E-state index is 0. The fraction of sp³-hybridized carbons (Fsp3) is 0. The average molecular weight is 397 g/mol. The number of rotatable bonds is 1. The Morgan fingerprint density at radius 3 is 2.45 bits per heavy atom. The number of nitrogen functional groups attached to an aromatic ring is 1. The van der Waals surface area contributed by atoms with Crippen molar-refractivity contribution in [2.75, 3.05) is 5.43 Å². The van der Waals surface area contributed by atoms with Crippen LogP contribution in [0.25, 0.3) is 0 Å². The fourth-order valence-corrected chi connectivity index (χ4v) is 0.342. The largest absolute Gasteiger partial charge is 2.00 e. The quantitative estimate of drug-likeness (QED) is 0.399. The van der Waals surface area contributed by atoms with Crippen LogP contribution in [0.3, 0.4) is 0 Å². The summed E-state index contributed by atoms with van der Waals surface area (Å²) >= 11 is 0. The molecule has 11 heavy (non-hydrogen) atoms. The normalized spacial score (nSPS) is 6.27. The van der Waals surface area contributed by atoms with Gasteiger partial charge in [-0.1, -0.05) is 6.20 Å². The van der Waals surface area contributed by atoms with Crippen LogP contribution in [0.15, 0.2) is 12.3 Å². The van der Waals surface area contributed by atoms with Gasteiger partial charge in [0.25, 0.3) is 0 Å². The van der Waals surface area contributed by atoms with Crippen LogP contribution in [-0.4, -0.2) is 9.97 Å². The molecule has 6 heteroatoms. The third-order valence-corrected chi connectivity index (χ3v) is 0.683. The van der Waals surface area contributed by atoms with Gasteiger partial charge in [-0.25, -0.2) is 0 Å². The Morgan fingerprint density at radius 1 is 1.55 bits per heavy atom. The molecule has 0 spiro atoms. The third-order valence-electron chi connectivity index (χ3n) is 0.683. The number of nitrogens with one attached hydrogen (secondary N) is 1. The van der Waals surface area contributed by atoms with Crippen LogP contribution in [0.4, 0.5) is 5.82 Å². The van der Waals surface area contributed by atoms with E-state index in [1.807, 2.05) is 0 Å². The summed E-state index contributed by atoms with van der Waals surface area (Å²) in [5.74, 6) is 5.56. The van der Waals surface area contributed by atoms with Crippen molar-refractivity contribution < 1.29 is 53.8 Å². The summed E-state index contributed by atoms with van der Waals surface area (Å²) < 4.78 is 0. The van der Waals surface area contributed by atoms with E-state index >= 15 is 0 Å². The molecule has 0 atom stereocenters. The second kappa shape index (κ2) is 10.6. The summed E-state index contributed by atoms with van der Waals surface area (Å²) in [6.07, 6.45) is 3.93. The van der Waals surface area contributed by atoms with Crippen molar-refractivity contribution in [2.24, 2.45) is 5.84 Å². The number of anilines is 1. The Kier molecular flexibility index (Phi) is 17.1. The van der Waals surface area contributed by atoms with Gasteiger partial charge >= 0.3 is 21.1 Å². The molecule has 0 unspecified atom stereocenters. The van der Waals surface area contributed by atoms with Crippen LogP contribution in [0.5, 0.6) is 0 Å². The first-order valence-electron chi connectivity index (χ1n) is 2.09. The molecule has 0 aliphatic carbocycles. The summed E-state index contributed by atoms with van der Waals surface area (Å²) in [5.41, 5.74) is 2.34. The number of aromatic nitrogens is 2. The van der Waals surface area contributed by atoms with E-state index in [1.54, 1.807) is 12.3 Å². The summed E-state index contributed by atoms with van der Waals surface area (Å²) in [6, 6.07) is 1.65. The van der Waals surface area contributed by atoms with Gasteiger partial charge in [0.2, 0.25) is 0 Å². The molecule has 0 saturated carbocycles. The SMILES string of the molecule is NNc1ccn[c-]n1.[CH3-].[W+2].[Y]. The average Bonchev–Trinajstić information content (AvgIpc) is 1.90. The third kappa shape index (κ3) is 7.01. The Morgan fingerprint density at radius 2 is 2.18 bits per heavy atom. The number of nitrogens with two attached hydrogens (primary N) is 1. The van der Waals surface area contributed by atoms with E-state index in [2.05, 4.69) is 21.7 Å². The minimum absolute atomic E-state index is 0. The molecule has 0 aliphatic rings. The first-order valence-corrected chi connectivity index (χ1v) is 2.09. The van der Waals surface area contributed by atoms with Crippen molar-refractivity contribution in [3.63, 3.8) is 0 Å². The number of hydrogen-bond acceptors (Lipinski definition) is 4. The van der Waals surface area contributed by atoms with Gasteiger partial charge in [0.05, 0.1) is 0 Å². The molecule has 4 nitrogen and oxygen atoms in total. The Hall–Kier alpha value is 0.632. The smallest absolute Gasteiger partial charge is 0.374 e. The molecule has 1 aromatic heterocycles. The molecule has 3 N–H and O–H groups in total. The first-order chi connectivity index (χ1) is 3.93. The molecule has 1 rings (SSSR count). The van der Waals surface area contributed by atoms with E-state index < -0.39 is 0 Å². The molecule has 1 heterocycles. The standard InChI is InChI=1S/C4H5N4.CH3.W.Y/c5-8-4-1-2-6-3-7-4;;;/h1-2H,5H2,(H,6,7,8);1H3;;/q2*-1;+2;. The van der Waals surface area contributed by atoms with Crippen molar-refractivity contribution >= 4 is 5.82 Å². The Balaban J connectivity index is -0.000000213. The van der Waals surface area contributed by atoms with E-state index in [-0.39, 0.29) is 61.2 Å². The summed E-state index contributed by atoms with van der Waals surface area (Å²) in [4.78, 5) is 7.19. The van der Waals surface area contributed by atoms with Crippen molar-refractivity contribution in [1.82, 2.24) is 9.97 Å². The molecule has 0 saturated heterocycles. The number of hydrazine groups is 1. The predicted octanol–water partition coefficient (Wildman–Crippen LogP) is 0.00768. The van der Waals surface area contributed by atoms with Crippen LogP contribution in [0.1, 0.15) is 0 Å². The number of hydrogen-bond donors (Lipinski definition) is 2. The maximum Gasteiger partial charge on any atom is 2.00 e. The maximum atomic E-state index is 4.99. The number of nitrogens with zero attached hydrogens (tertiary/aromatic N) is 2. The van der Waals surface area contributed by atoms with Crippen molar-refractivity contribution in [3.8, 4) is 0 Å². The van der Waals surface area contributed by atoms with E-state index in [0.29, 0.717) is 5.82 Å². The topological polar surface area (TPSA) is 63.8 Å². The second-order valence-corrected chi connectivity index (χ2v) is 1.19. The molecular formula is C5H8N4WY. The van der Waals surface area contributed by atoms with Crippen molar-refractivity contribution in [2.45, 2.75) is 0 Å². The zero-order valence-corrected chi connectivity index (χ0v) is 11.9. The van der Waals surface area contributed by atoms with Crippen LogP contribution in [0.2, 0.25) is 0 Å². The Bertz CT molecular complexity index is 160. The van der Waals surface area contributed by atoms with Gasteiger partial charge in [0, 0.05) is 44.9 Å². The van der Waals surface area contributed by atoms with E-state index in [9.17, 15) is 0 Å². The van der Waals surface area contributed by atoms with Gasteiger partial charge in [-0.2, -0.15) is 0 Å². The van der Waals surface area contributed by atoms with Gasteiger partial charge in [0.15, 0.2) is 0 Å². The molecule has 1 aromatic rings. The monoisotopic (exact) mass is 397 g/mol. The maximum absolute atomic E-state index is 4.99. The molecule has 0 amide bonds. The Labute approximate surface area is 106 Å². The molecule has 0 fully saturated rings. The summed E-state index contributed by atoms with van der Waals surface area (Å²) in [5, 5.41) is 0. The zero-order chi connectivity index (χ0) is 5.82. The van der Waals surface area contributed by atoms with Crippen LogP contribution in [0, 0.1) is 13.8 Å². The van der Waals surface area contributed by atoms with Crippen molar-refractivity contribution in [1.29, 1.82) is 0 Å². The van der Waals surface area contributed by atoms with E-state index in [1.165, 1.54) is 0 Å². The van der Waals surface area contributed by atoms with Crippen LogP contribution in [-0.2, 0) is 53.8 Å². The van der Waals surface area contributed by atoms with E-state index in [0.717, 1.165) is 0 Å². The van der Waals surface area contributed by atoms with Gasteiger partial charge in [-0.15, -0.1) is 6.07 Å². The van der Waals surface area contributed by atoms with Gasteiger partial charge < -0.3 is 22.8 Å². The molecule has 57 valence electrons. The summed E-state index contributed by atoms with van der Waals surface area (Å²) in [6.45, 7) is 0. The molecule has 0 aromatic carbocycles. The molecule has 0 bridgehead atoms. The van der Waals surface area contributed by atoms with Gasteiger partial charge in [-0.05, 0) is 0 Å². The van der Waals surface area contributed by atoms with Crippen LogP contribution < -0.4 is 11.3 Å². The molecule has 0 aliphatic heterocycles. The zero-order valence-electron chi connectivity index (χ0n) is 6.11. The molecule has 1 radical (unpaired) electrons. The molecular weight excluding hydrogens is 389 g/mol. The summed E-state index contributed by atoms with van der Waals surface area (Å²) in [7, 11) is 0. The van der Waals surface area contributed by atoms with Gasteiger partial charge in [0.1, 0.15) is 0 Å². The van der Waals surface area contributed by atoms with E-state index in [4.69, 9.17) is 5.84 Å². The minimum Gasteiger partial charge on any atom is -0.374 e.